The Morgan fingerprint density at radius 3 is 2.54 bits per heavy atom. The fourth-order valence-electron chi connectivity index (χ4n) is 2.56. The number of benzene rings is 2. The lowest BCUT2D eigenvalue weighted by molar-refractivity contribution is -0.111. The molecule has 0 aliphatic carbocycles. The van der Waals surface area contributed by atoms with Gasteiger partial charge < -0.3 is 10.3 Å². The molecule has 3 aromatic rings. The van der Waals surface area contributed by atoms with Crippen molar-refractivity contribution in [2.45, 2.75) is 13.8 Å². The normalized spacial score (nSPS) is 11.1. The second-order valence-corrected chi connectivity index (χ2v) is 5.70. The molecule has 1 heterocycles. The standard InChI is InChI=1S/C20H18N2O2/c1-13-14(2)20(24)22-18-12-16(9-10-17(13)18)21-19(23)11-8-15-6-4-3-5-7-15/h3-12H,1-2H3,(H,21,23)(H,22,24)/b11-8-. The van der Waals surface area contributed by atoms with E-state index in [1.54, 1.807) is 19.1 Å². The van der Waals surface area contributed by atoms with Crippen molar-refractivity contribution in [3.63, 3.8) is 0 Å². The molecule has 1 amide bonds. The first-order chi connectivity index (χ1) is 11.5. The van der Waals surface area contributed by atoms with Crippen LogP contribution in [0.1, 0.15) is 16.7 Å². The fourth-order valence-corrected chi connectivity index (χ4v) is 2.56. The van der Waals surface area contributed by atoms with Crippen molar-refractivity contribution >= 4 is 28.6 Å². The molecular formula is C20H18N2O2. The number of aryl methyl sites for hydroxylation is 1. The molecule has 0 unspecified atom stereocenters. The van der Waals surface area contributed by atoms with E-state index in [4.69, 9.17) is 0 Å². The highest BCUT2D eigenvalue weighted by Crippen LogP contribution is 2.21. The number of amides is 1. The van der Waals surface area contributed by atoms with E-state index in [1.165, 1.54) is 6.08 Å². The first-order valence-electron chi connectivity index (χ1n) is 7.72. The third kappa shape index (κ3) is 3.27. The van der Waals surface area contributed by atoms with E-state index >= 15 is 0 Å². The molecule has 2 N–H and O–H groups in total. The van der Waals surface area contributed by atoms with Crippen molar-refractivity contribution in [2.24, 2.45) is 0 Å². The lowest BCUT2D eigenvalue weighted by atomic mass is 10.1. The summed E-state index contributed by atoms with van der Waals surface area (Å²) in [5.41, 5.74) is 3.88. The van der Waals surface area contributed by atoms with Gasteiger partial charge in [0.05, 0.1) is 5.52 Å². The lowest BCUT2D eigenvalue weighted by Crippen LogP contribution is -2.12. The van der Waals surface area contributed by atoms with Crippen molar-refractivity contribution in [3.05, 3.63) is 81.7 Å². The van der Waals surface area contributed by atoms with E-state index in [-0.39, 0.29) is 11.5 Å². The highest BCUT2D eigenvalue weighted by molar-refractivity contribution is 6.03. The summed E-state index contributed by atoms with van der Waals surface area (Å²) in [7, 11) is 0. The third-order valence-corrected chi connectivity index (χ3v) is 4.07. The number of rotatable bonds is 3. The maximum atomic E-state index is 12.0. The topological polar surface area (TPSA) is 62.0 Å². The minimum absolute atomic E-state index is 0.104. The van der Waals surface area contributed by atoms with Crippen LogP contribution in [-0.2, 0) is 4.79 Å². The number of carbonyl (C=O) groups is 1. The molecule has 0 spiro atoms. The first kappa shape index (κ1) is 15.7. The molecule has 0 aliphatic heterocycles. The quantitative estimate of drug-likeness (QED) is 0.722. The first-order valence-corrected chi connectivity index (χ1v) is 7.72. The van der Waals surface area contributed by atoms with Crippen LogP contribution in [0, 0.1) is 13.8 Å². The average Bonchev–Trinajstić information content (AvgIpc) is 2.59. The van der Waals surface area contributed by atoms with E-state index in [0.29, 0.717) is 16.8 Å². The smallest absolute Gasteiger partial charge is 0.251 e. The predicted molar refractivity (Wildman–Crippen MR) is 98.1 cm³/mol. The summed E-state index contributed by atoms with van der Waals surface area (Å²) in [6.45, 7) is 3.73. The summed E-state index contributed by atoms with van der Waals surface area (Å²) >= 11 is 0. The second kappa shape index (κ2) is 6.54. The van der Waals surface area contributed by atoms with Gasteiger partial charge in [0.2, 0.25) is 5.91 Å². The van der Waals surface area contributed by atoms with E-state index in [1.807, 2.05) is 49.4 Å². The number of nitrogens with one attached hydrogen (secondary N) is 2. The van der Waals surface area contributed by atoms with Gasteiger partial charge in [0.15, 0.2) is 0 Å². The number of anilines is 1. The van der Waals surface area contributed by atoms with E-state index in [0.717, 1.165) is 16.5 Å². The van der Waals surface area contributed by atoms with Crippen LogP contribution in [0.15, 0.2) is 59.4 Å². The number of aromatic nitrogens is 1. The van der Waals surface area contributed by atoms with Crippen molar-refractivity contribution in [2.75, 3.05) is 5.32 Å². The summed E-state index contributed by atoms with van der Waals surface area (Å²) in [6.07, 6.45) is 3.24. The molecule has 3 rings (SSSR count). The summed E-state index contributed by atoms with van der Waals surface area (Å²) in [5.74, 6) is -0.218. The van der Waals surface area contributed by atoms with Gasteiger partial charge in [-0.25, -0.2) is 0 Å². The zero-order chi connectivity index (χ0) is 17.1. The molecule has 0 aliphatic rings. The summed E-state index contributed by atoms with van der Waals surface area (Å²) in [4.78, 5) is 26.8. The van der Waals surface area contributed by atoms with E-state index < -0.39 is 0 Å². The Hall–Kier alpha value is -3.14. The number of hydrogen-bond acceptors (Lipinski definition) is 2. The van der Waals surface area contributed by atoms with Gasteiger partial charge in [-0.2, -0.15) is 0 Å². The van der Waals surface area contributed by atoms with Crippen LogP contribution in [-0.4, -0.2) is 10.9 Å². The van der Waals surface area contributed by atoms with Crippen LogP contribution in [0.4, 0.5) is 5.69 Å². The van der Waals surface area contributed by atoms with Crippen molar-refractivity contribution in [3.8, 4) is 0 Å². The predicted octanol–water partition coefficient (Wildman–Crippen LogP) is 3.80. The highest BCUT2D eigenvalue weighted by atomic mass is 16.1. The van der Waals surface area contributed by atoms with Crippen LogP contribution in [0.5, 0.6) is 0 Å². The second-order valence-electron chi connectivity index (χ2n) is 5.70. The number of carbonyl (C=O) groups excluding carboxylic acids is 1. The monoisotopic (exact) mass is 318 g/mol. The molecule has 4 heteroatoms. The van der Waals surface area contributed by atoms with Crippen molar-refractivity contribution in [1.29, 1.82) is 0 Å². The van der Waals surface area contributed by atoms with Gasteiger partial charge in [-0.1, -0.05) is 36.4 Å². The largest absolute Gasteiger partial charge is 0.322 e. The van der Waals surface area contributed by atoms with Crippen LogP contribution in [0.3, 0.4) is 0 Å². The summed E-state index contributed by atoms with van der Waals surface area (Å²) in [6, 6.07) is 15.1. The Balaban J connectivity index is 1.83. The molecule has 0 fully saturated rings. The lowest BCUT2D eigenvalue weighted by Gasteiger charge is -2.08. The third-order valence-electron chi connectivity index (χ3n) is 4.07. The van der Waals surface area contributed by atoms with Gasteiger partial charge in [0, 0.05) is 22.7 Å². The van der Waals surface area contributed by atoms with Crippen LogP contribution in [0.25, 0.3) is 17.0 Å². The van der Waals surface area contributed by atoms with Gasteiger partial charge in [-0.15, -0.1) is 0 Å². The Morgan fingerprint density at radius 2 is 1.79 bits per heavy atom. The Labute approximate surface area is 139 Å². The Bertz CT molecular complexity index is 986. The average molecular weight is 318 g/mol. The maximum Gasteiger partial charge on any atom is 0.251 e. The molecular weight excluding hydrogens is 300 g/mol. The van der Waals surface area contributed by atoms with Gasteiger partial charge in [-0.3, -0.25) is 9.59 Å². The van der Waals surface area contributed by atoms with Crippen LogP contribution < -0.4 is 10.9 Å². The minimum Gasteiger partial charge on any atom is -0.322 e. The fraction of sp³-hybridized carbons (Fsp3) is 0.100. The highest BCUT2D eigenvalue weighted by Gasteiger charge is 2.06. The van der Waals surface area contributed by atoms with Crippen molar-refractivity contribution < 1.29 is 4.79 Å². The summed E-state index contributed by atoms with van der Waals surface area (Å²) < 4.78 is 0. The molecule has 2 aromatic carbocycles. The zero-order valence-corrected chi connectivity index (χ0v) is 13.6. The number of hydrogen-bond donors (Lipinski definition) is 2. The minimum atomic E-state index is -0.218. The molecule has 4 nitrogen and oxygen atoms in total. The van der Waals surface area contributed by atoms with E-state index in [9.17, 15) is 9.59 Å². The van der Waals surface area contributed by atoms with Crippen LogP contribution in [0.2, 0.25) is 0 Å². The molecule has 1 aromatic heterocycles. The van der Waals surface area contributed by atoms with Gasteiger partial charge >= 0.3 is 0 Å². The van der Waals surface area contributed by atoms with Crippen LogP contribution >= 0.6 is 0 Å². The Kier molecular flexibility index (Phi) is 4.29. The zero-order valence-electron chi connectivity index (χ0n) is 13.6. The molecule has 0 atom stereocenters. The SMILES string of the molecule is Cc1c(C)c2ccc(NC(=O)/C=C\c3ccccc3)cc2[nH]c1=O. The summed E-state index contributed by atoms with van der Waals surface area (Å²) in [5, 5.41) is 3.79. The molecule has 0 radical (unpaired) electrons. The van der Waals surface area contributed by atoms with Gasteiger partial charge in [0.1, 0.15) is 0 Å². The van der Waals surface area contributed by atoms with E-state index in [2.05, 4.69) is 10.3 Å². The Morgan fingerprint density at radius 1 is 1.04 bits per heavy atom. The number of aromatic amines is 1. The van der Waals surface area contributed by atoms with Gasteiger partial charge in [-0.05, 0) is 43.2 Å². The molecule has 120 valence electrons. The van der Waals surface area contributed by atoms with Gasteiger partial charge in [0.25, 0.3) is 5.56 Å². The molecule has 24 heavy (non-hydrogen) atoms. The van der Waals surface area contributed by atoms with Crippen molar-refractivity contribution in [1.82, 2.24) is 4.98 Å². The number of fused-ring (bicyclic) bond motifs is 1. The maximum absolute atomic E-state index is 12.0. The number of H-pyrrole nitrogens is 1. The number of pyridine rings is 1. The molecule has 0 saturated carbocycles. The molecule has 0 bridgehead atoms. The molecule has 0 saturated heterocycles.